The number of halogens is 2. The summed E-state index contributed by atoms with van der Waals surface area (Å²) in [6, 6.07) is 5.76. The van der Waals surface area contributed by atoms with Crippen LogP contribution in [-0.4, -0.2) is 31.5 Å². The lowest BCUT2D eigenvalue weighted by Gasteiger charge is -2.32. The van der Waals surface area contributed by atoms with Crippen molar-refractivity contribution in [1.82, 2.24) is 0 Å². The fourth-order valence-corrected chi connectivity index (χ4v) is 2.47. The van der Waals surface area contributed by atoms with Crippen molar-refractivity contribution in [2.24, 2.45) is 0 Å². The highest BCUT2D eigenvalue weighted by molar-refractivity contribution is 6.55. The van der Waals surface area contributed by atoms with Crippen LogP contribution < -0.4 is 0 Å². The van der Waals surface area contributed by atoms with Gasteiger partial charge in [-0.05, 0) is 57.4 Å². The Bertz CT molecular complexity index is 676. The second-order valence-corrected chi connectivity index (χ2v) is 6.93. The van der Waals surface area contributed by atoms with Gasteiger partial charge >= 0.3 is 7.12 Å². The van der Waals surface area contributed by atoms with Crippen molar-refractivity contribution in [2.45, 2.75) is 45.3 Å². The Hall–Kier alpha value is -1.68. The standard InChI is InChI=1S/C19H23BF2O3/c1-6-11-23-12-10-16(14-8-7-9-15(21)13-14)17(22)20-24-18(2,3)19(4,5)25-20/h1,7-9,13H,10-12H2,2-5H3. The molecule has 0 spiro atoms. The number of rotatable bonds is 6. The second kappa shape index (κ2) is 7.69. The summed E-state index contributed by atoms with van der Waals surface area (Å²) in [6.07, 6.45) is 5.37. The summed E-state index contributed by atoms with van der Waals surface area (Å²) < 4.78 is 45.6. The number of benzene rings is 1. The van der Waals surface area contributed by atoms with E-state index in [1.807, 2.05) is 27.7 Å². The summed E-state index contributed by atoms with van der Waals surface area (Å²) in [7, 11) is -1.14. The molecule has 0 unspecified atom stereocenters. The first-order valence-corrected chi connectivity index (χ1v) is 8.19. The van der Waals surface area contributed by atoms with Crippen molar-refractivity contribution >= 4 is 12.7 Å². The first kappa shape index (κ1) is 19.6. The van der Waals surface area contributed by atoms with Gasteiger partial charge in [-0.3, -0.25) is 0 Å². The number of ether oxygens (including phenoxy) is 1. The van der Waals surface area contributed by atoms with Gasteiger partial charge in [-0.1, -0.05) is 18.1 Å². The smallest absolute Gasteiger partial charge is 0.398 e. The van der Waals surface area contributed by atoms with Crippen LogP contribution in [-0.2, 0) is 14.0 Å². The van der Waals surface area contributed by atoms with E-state index in [9.17, 15) is 4.39 Å². The molecule has 1 aromatic carbocycles. The minimum Gasteiger partial charge on any atom is -0.398 e. The molecule has 3 nitrogen and oxygen atoms in total. The van der Waals surface area contributed by atoms with Gasteiger partial charge in [0.1, 0.15) is 18.2 Å². The summed E-state index contributed by atoms with van der Waals surface area (Å²) >= 11 is 0. The fraction of sp³-hybridized carbons (Fsp3) is 0.474. The molecule has 0 N–H and O–H groups in total. The van der Waals surface area contributed by atoms with Crippen LogP contribution in [0.4, 0.5) is 8.78 Å². The average molecular weight is 348 g/mol. The Kier molecular flexibility index (Phi) is 6.05. The maximum atomic E-state index is 15.2. The van der Waals surface area contributed by atoms with Crippen LogP contribution in [0.3, 0.4) is 0 Å². The third kappa shape index (κ3) is 4.49. The monoisotopic (exact) mass is 348 g/mol. The van der Waals surface area contributed by atoms with Crippen LogP contribution in [0, 0.1) is 18.2 Å². The number of hydrogen-bond donors (Lipinski definition) is 0. The molecule has 0 saturated carbocycles. The zero-order valence-corrected chi connectivity index (χ0v) is 15.1. The van der Waals surface area contributed by atoms with Crippen LogP contribution >= 0.6 is 0 Å². The van der Waals surface area contributed by atoms with Gasteiger partial charge in [-0.15, -0.1) is 6.42 Å². The maximum absolute atomic E-state index is 15.2. The molecule has 2 rings (SSSR count). The zero-order valence-electron chi connectivity index (χ0n) is 15.1. The minimum absolute atomic E-state index is 0.133. The molecule has 0 aromatic heterocycles. The zero-order chi connectivity index (χ0) is 18.7. The quantitative estimate of drug-likeness (QED) is 0.439. The Morgan fingerprint density at radius 3 is 2.44 bits per heavy atom. The van der Waals surface area contributed by atoms with Gasteiger partial charge in [0, 0.05) is 0 Å². The van der Waals surface area contributed by atoms with Crippen LogP contribution in [0.1, 0.15) is 39.7 Å². The Labute approximate surface area is 148 Å². The SMILES string of the molecule is C#CCOCCC(=C(F)B1OC(C)(C)C(C)(C)O1)c1cccc(F)c1. The highest BCUT2D eigenvalue weighted by Gasteiger charge is 2.53. The molecule has 0 bridgehead atoms. The normalized spacial score (nSPS) is 19.5. The van der Waals surface area contributed by atoms with Crippen molar-refractivity contribution in [3.63, 3.8) is 0 Å². The van der Waals surface area contributed by atoms with Gasteiger partial charge < -0.3 is 14.0 Å². The lowest BCUT2D eigenvalue weighted by Crippen LogP contribution is -2.41. The molecule has 134 valence electrons. The first-order valence-electron chi connectivity index (χ1n) is 8.19. The molecule has 0 atom stereocenters. The number of hydrogen-bond acceptors (Lipinski definition) is 3. The summed E-state index contributed by atoms with van der Waals surface area (Å²) in [5, 5.41) is 0. The lowest BCUT2D eigenvalue weighted by molar-refractivity contribution is 0.00578. The first-order chi connectivity index (χ1) is 11.7. The minimum atomic E-state index is -1.14. The van der Waals surface area contributed by atoms with Crippen molar-refractivity contribution in [3.8, 4) is 12.3 Å². The molecule has 0 amide bonds. The summed E-state index contributed by atoms with van der Waals surface area (Å²) in [5.74, 6) is 1.91. The van der Waals surface area contributed by atoms with E-state index < -0.39 is 29.9 Å². The third-order valence-electron chi connectivity index (χ3n) is 4.60. The van der Waals surface area contributed by atoms with Gasteiger partial charge in [0.15, 0.2) is 0 Å². The van der Waals surface area contributed by atoms with E-state index in [4.69, 9.17) is 20.5 Å². The van der Waals surface area contributed by atoms with E-state index in [2.05, 4.69) is 5.92 Å². The predicted octanol–water partition coefficient (Wildman–Crippen LogP) is 4.18. The molecule has 1 fully saturated rings. The van der Waals surface area contributed by atoms with Crippen molar-refractivity contribution in [3.05, 3.63) is 41.4 Å². The third-order valence-corrected chi connectivity index (χ3v) is 4.60. The largest absolute Gasteiger partial charge is 0.525 e. The molecule has 1 aliphatic rings. The molecular formula is C19H23BF2O3. The molecule has 1 heterocycles. The Balaban J connectivity index is 2.33. The van der Waals surface area contributed by atoms with E-state index in [1.165, 1.54) is 18.2 Å². The second-order valence-electron chi connectivity index (χ2n) is 6.93. The number of terminal acetylenes is 1. The molecule has 0 radical (unpaired) electrons. The molecular weight excluding hydrogens is 325 g/mol. The average Bonchev–Trinajstić information content (AvgIpc) is 2.75. The van der Waals surface area contributed by atoms with Crippen LogP contribution in [0.15, 0.2) is 30.0 Å². The fourth-order valence-electron chi connectivity index (χ4n) is 2.47. The molecule has 1 aliphatic heterocycles. The van der Waals surface area contributed by atoms with Gasteiger partial charge in [0.2, 0.25) is 0 Å². The van der Waals surface area contributed by atoms with E-state index >= 15 is 4.39 Å². The van der Waals surface area contributed by atoms with Gasteiger partial charge in [-0.2, -0.15) is 0 Å². The van der Waals surface area contributed by atoms with Crippen molar-refractivity contribution in [1.29, 1.82) is 0 Å². The van der Waals surface area contributed by atoms with E-state index in [-0.39, 0.29) is 25.2 Å². The highest BCUT2D eigenvalue weighted by Crippen LogP contribution is 2.40. The topological polar surface area (TPSA) is 27.7 Å². The lowest BCUT2D eigenvalue weighted by atomic mass is 9.82. The molecule has 0 aliphatic carbocycles. The van der Waals surface area contributed by atoms with Crippen LogP contribution in [0.25, 0.3) is 5.57 Å². The van der Waals surface area contributed by atoms with Crippen LogP contribution in [0.2, 0.25) is 0 Å². The van der Waals surface area contributed by atoms with E-state index in [1.54, 1.807) is 6.07 Å². The predicted molar refractivity (Wildman–Crippen MR) is 94.8 cm³/mol. The highest BCUT2D eigenvalue weighted by atomic mass is 19.1. The Morgan fingerprint density at radius 2 is 1.88 bits per heavy atom. The van der Waals surface area contributed by atoms with E-state index in [0.717, 1.165) is 0 Å². The van der Waals surface area contributed by atoms with Crippen molar-refractivity contribution in [2.75, 3.05) is 13.2 Å². The Morgan fingerprint density at radius 1 is 1.24 bits per heavy atom. The summed E-state index contributed by atoms with van der Waals surface area (Å²) in [6.45, 7) is 7.73. The van der Waals surface area contributed by atoms with Gasteiger partial charge in [0.25, 0.3) is 0 Å². The van der Waals surface area contributed by atoms with E-state index in [0.29, 0.717) is 5.56 Å². The molecule has 1 saturated heterocycles. The van der Waals surface area contributed by atoms with Crippen molar-refractivity contribution < 1.29 is 22.8 Å². The molecule has 25 heavy (non-hydrogen) atoms. The summed E-state index contributed by atoms with van der Waals surface area (Å²) in [5.41, 5.74) is -1.19. The van der Waals surface area contributed by atoms with Crippen LogP contribution in [0.5, 0.6) is 0 Å². The summed E-state index contributed by atoms with van der Waals surface area (Å²) in [4.78, 5) is 0. The van der Waals surface area contributed by atoms with Gasteiger partial charge in [0.05, 0.1) is 17.8 Å². The molecule has 6 heteroatoms. The van der Waals surface area contributed by atoms with Gasteiger partial charge in [-0.25, -0.2) is 8.78 Å². The maximum Gasteiger partial charge on any atom is 0.525 e. The molecule has 1 aromatic rings.